The summed E-state index contributed by atoms with van der Waals surface area (Å²) in [6, 6.07) is 12.4. The molecule has 5 heteroatoms. The van der Waals surface area contributed by atoms with E-state index in [-0.39, 0.29) is 0 Å². The molecule has 21 heavy (non-hydrogen) atoms. The number of thiophene rings is 1. The predicted octanol–water partition coefficient (Wildman–Crippen LogP) is 3.76. The second kappa shape index (κ2) is 4.86. The molecule has 0 aliphatic rings. The van der Waals surface area contributed by atoms with Crippen LogP contribution in [-0.2, 0) is 13.7 Å². The Balaban J connectivity index is 1.64. The van der Waals surface area contributed by atoms with E-state index in [0.717, 1.165) is 11.0 Å². The average Bonchev–Trinajstić information content (AvgIpc) is 3.09. The van der Waals surface area contributed by atoms with Crippen LogP contribution in [0.25, 0.3) is 21.1 Å². The Kier molecular flexibility index (Phi) is 2.86. The van der Waals surface area contributed by atoms with Gasteiger partial charge in [-0.15, -0.1) is 11.3 Å². The molecule has 0 radical (unpaired) electrons. The number of nitrogens with zero attached hydrogens (tertiary/aromatic N) is 3. The minimum atomic E-state index is 0.524. The summed E-state index contributed by atoms with van der Waals surface area (Å²) in [5.74, 6) is 0.630. The Morgan fingerprint density at radius 2 is 2.10 bits per heavy atom. The standard InChI is InChI=1S/C16H13N3OS/c1-19-10-18-13-6-7-17-16(15(13)19)20-9-12-8-11-4-2-3-5-14(11)21-12/h2-8,10H,9H2,1H3. The van der Waals surface area contributed by atoms with Crippen LogP contribution in [0.5, 0.6) is 5.88 Å². The van der Waals surface area contributed by atoms with Crippen molar-refractivity contribution in [3.8, 4) is 5.88 Å². The summed E-state index contributed by atoms with van der Waals surface area (Å²) in [4.78, 5) is 9.84. The summed E-state index contributed by atoms with van der Waals surface area (Å²) in [7, 11) is 1.95. The summed E-state index contributed by atoms with van der Waals surface area (Å²) in [6.07, 6.45) is 3.51. The van der Waals surface area contributed by atoms with Crippen LogP contribution in [0, 0.1) is 0 Å². The summed E-state index contributed by atoms with van der Waals surface area (Å²) in [5.41, 5.74) is 1.83. The second-order valence-corrected chi connectivity index (χ2v) is 6.05. The van der Waals surface area contributed by atoms with E-state index < -0.39 is 0 Å². The Hall–Kier alpha value is -2.40. The molecule has 0 aliphatic carbocycles. The van der Waals surface area contributed by atoms with Crippen molar-refractivity contribution in [2.45, 2.75) is 6.61 Å². The first-order valence-electron chi connectivity index (χ1n) is 6.67. The van der Waals surface area contributed by atoms with Crippen molar-refractivity contribution in [3.05, 3.63) is 53.8 Å². The first kappa shape index (κ1) is 12.3. The summed E-state index contributed by atoms with van der Waals surface area (Å²) >= 11 is 1.75. The number of fused-ring (bicyclic) bond motifs is 2. The monoisotopic (exact) mass is 295 g/mol. The molecule has 0 saturated carbocycles. The van der Waals surface area contributed by atoms with Crippen molar-refractivity contribution >= 4 is 32.5 Å². The van der Waals surface area contributed by atoms with E-state index in [2.05, 4.69) is 40.3 Å². The zero-order valence-corrected chi connectivity index (χ0v) is 12.3. The molecule has 0 N–H and O–H groups in total. The third-order valence-electron chi connectivity index (χ3n) is 3.42. The van der Waals surface area contributed by atoms with Crippen molar-refractivity contribution in [2.75, 3.05) is 0 Å². The highest BCUT2D eigenvalue weighted by atomic mass is 32.1. The van der Waals surface area contributed by atoms with E-state index in [4.69, 9.17) is 4.74 Å². The van der Waals surface area contributed by atoms with E-state index >= 15 is 0 Å². The topological polar surface area (TPSA) is 39.9 Å². The molecular weight excluding hydrogens is 282 g/mol. The van der Waals surface area contributed by atoms with Crippen LogP contribution >= 0.6 is 11.3 Å². The molecule has 0 spiro atoms. The van der Waals surface area contributed by atoms with Gasteiger partial charge in [0.1, 0.15) is 12.1 Å². The molecule has 4 rings (SSSR count). The smallest absolute Gasteiger partial charge is 0.240 e. The van der Waals surface area contributed by atoms with Gasteiger partial charge in [-0.3, -0.25) is 0 Å². The highest BCUT2D eigenvalue weighted by Gasteiger charge is 2.09. The lowest BCUT2D eigenvalue weighted by Crippen LogP contribution is -1.98. The number of pyridine rings is 1. The molecule has 0 aliphatic heterocycles. The molecular formula is C16H13N3OS. The van der Waals surface area contributed by atoms with Crippen LogP contribution in [0.1, 0.15) is 4.88 Å². The number of aromatic nitrogens is 3. The highest BCUT2D eigenvalue weighted by Crippen LogP contribution is 2.27. The third-order valence-corrected chi connectivity index (χ3v) is 4.51. The van der Waals surface area contributed by atoms with Crippen molar-refractivity contribution < 1.29 is 4.74 Å². The molecule has 0 bridgehead atoms. The van der Waals surface area contributed by atoms with Crippen molar-refractivity contribution in [3.63, 3.8) is 0 Å². The van der Waals surface area contributed by atoms with E-state index in [0.29, 0.717) is 12.5 Å². The Morgan fingerprint density at radius 1 is 1.19 bits per heavy atom. The lowest BCUT2D eigenvalue weighted by atomic mass is 10.2. The van der Waals surface area contributed by atoms with Gasteiger partial charge in [-0.1, -0.05) is 18.2 Å². The highest BCUT2D eigenvalue weighted by molar-refractivity contribution is 7.19. The lowest BCUT2D eigenvalue weighted by molar-refractivity contribution is 0.300. The van der Waals surface area contributed by atoms with Crippen LogP contribution in [0.2, 0.25) is 0 Å². The van der Waals surface area contributed by atoms with Gasteiger partial charge in [0.25, 0.3) is 0 Å². The molecule has 3 heterocycles. The number of imidazole rings is 1. The molecule has 1 aromatic carbocycles. The zero-order valence-electron chi connectivity index (χ0n) is 11.5. The molecule has 0 amide bonds. The molecule has 3 aromatic heterocycles. The molecule has 0 fully saturated rings. The largest absolute Gasteiger partial charge is 0.470 e. The van der Waals surface area contributed by atoms with Gasteiger partial charge < -0.3 is 9.30 Å². The van der Waals surface area contributed by atoms with Gasteiger partial charge in [0.2, 0.25) is 5.88 Å². The van der Waals surface area contributed by atoms with Gasteiger partial charge in [0.15, 0.2) is 0 Å². The minimum absolute atomic E-state index is 0.524. The maximum absolute atomic E-state index is 5.91. The summed E-state index contributed by atoms with van der Waals surface area (Å²) in [5, 5.41) is 1.26. The number of rotatable bonds is 3. The SMILES string of the molecule is Cn1cnc2ccnc(OCc3cc4ccccc4s3)c21. The summed E-state index contributed by atoms with van der Waals surface area (Å²) in [6.45, 7) is 0.524. The Morgan fingerprint density at radius 3 is 3.00 bits per heavy atom. The van der Waals surface area contributed by atoms with Gasteiger partial charge in [0, 0.05) is 22.8 Å². The van der Waals surface area contributed by atoms with Gasteiger partial charge >= 0.3 is 0 Å². The zero-order chi connectivity index (χ0) is 14.2. The molecule has 0 atom stereocenters. The molecule has 0 unspecified atom stereocenters. The van der Waals surface area contributed by atoms with Gasteiger partial charge in [-0.25, -0.2) is 9.97 Å². The number of aryl methyl sites for hydroxylation is 1. The van der Waals surface area contributed by atoms with Gasteiger partial charge in [0.05, 0.1) is 11.8 Å². The van der Waals surface area contributed by atoms with E-state index in [1.807, 2.05) is 17.7 Å². The fourth-order valence-corrected chi connectivity index (χ4v) is 3.40. The molecule has 104 valence electrons. The van der Waals surface area contributed by atoms with E-state index in [1.54, 1.807) is 23.9 Å². The minimum Gasteiger partial charge on any atom is -0.470 e. The summed E-state index contributed by atoms with van der Waals surface area (Å²) < 4.78 is 9.13. The van der Waals surface area contributed by atoms with Crippen LogP contribution in [0.4, 0.5) is 0 Å². The third kappa shape index (κ3) is 2.15. The van der Waals surface area contributed by atoms with Crippen LogP contribution < -0.4 is 4.74 Å². The van der Waals surface area contributed by atoms with Crippen LogP contribution in [0.3, 0.4) is 0 Å². The van der Waals surface area contributed by atoms with Crippen LogP contribution in [-0.4, -0.2) is 14.5 Å². The fourth-order valence-electron chi connectivity index (χ4n) is 2.42. The van der Waals surface area contributed by atoms with E-state index in [9.17, 15) is 0 Å². The van der Waals surface area contributed by atoms with Crippen molar-refractivity contribution in [1.82, 2.24) is 14.5 Å². The number of benzene rings is 1. The lowest BCUT2D eigenvalue weighted by Gasteiger charge is -2.05. The second-order valence-electron chi connectivity index (χ2n) is 4.88. The van der Waals surface area contributed by atoms with Gasteiger partial charge in [-0.2, -0.15) is 0 Å². The van der Waals surface area contributed by atoms with Crippen LogP contribution in [0.15, 0.2) is 48.9 Å². The Labute approximate surface area is 125 Å². The maximum atomic E-state index is 5.91. The maximum Gasteiger partial charge on any atom is 0.240 e. The molecule has 0 saturated heterocycles. The Bertz CT molecular complexity index is 892. The van der Waals surface area contributed by atoms with E-state index in [1.165, 1.54) is 15.0 Å². The predicted molar refractivity (Wildman–Crippen MR) is 84.7 cm³/mol. The normalized spacial score (nSPS) is 11.3. The first-order chi connectivity index (χ1) is 10.3. The quantitative estimate of drug-likeness (QED) is 0.578. The van der Waals surface area contributed by atoms with Gasteiger partial charge in [-0.05, 0) is 23.6 Å². The molecule has 4 aromatic rings. The number of hydrogen-bond donors (Lipinski definition) is 0. The number of hydrogen-bond acceptors (Lipinski definition) is 4. The van der Waals surface area contributed by atoms with Crippen molar-refractivity contribution in [2.24, 2.45) is 7.05 Å². The molecule has 4 nitrogen and oxygen atoms in total. The van der Waals surface area contributed by atoms with Crippen molar-refractivity contribution in [1.29, 1.82) is 0 Å². The average molecular weight is 295 g/mol. The first-order valence-corrected chi connectivity index (χ1v) is 7.49. The fraction of sp³-hybridized carbons (Fsp3) is 0.125. The number of ether oxygens (including phenoxy) is 1.